The average Bonchev–Trinajstić information content (AvgIpc) is 2.18. The van der Waals surface area contributed by atoms with Crippen molar-refractivity contribution < 1.29 is 15.1 Å². The molecule has 5 N–H and O–H groups in total. The Labute approximate surface area is 90.1 Å². The van der Waals surface area contributed by atoms with Crippen LogP contribution < -0.4 is 11.1 Å². The van der Waals surface area contributed by atoms with Gasteiger partial charge in [0.15, 0.2) is 0 Å². The van der Waals surface area contributed by atoms with Crippen molar-refractivity contribution in [3.05, 3.63) is 0 Å². The van der Waals surface area contributed by atoms with Crippen molar-refractivity contribution in [2.45, 2.75) is 31.9 Å². The number of hydrogen-bond acceptors (Lipinski definition) is 5. The van der Waals surface area contributed by atoms with E-state index in [-0.39, 0.29) is 11.9 Å². The lowest BCUT2D eigenvalue weighted by Gasteiger charge is -2.14. The molecule has 0 aliphatic carbocycles. The van der Waals surface area contributed by atoms with Crippen molar-refractivity contribution in [1.29, 1.82) is 0 Å². The highest BCUT2D eigenvalue weighted by Gasteiger charge is 2.06. The lowest BCUT2D eigenvalue weighted by Crippen LogP contribution is -2.33. The second-order valence-electron chi connectivity index (χ2n) is 3.55. The van der Waals surface area contributed by atoms with Gasteiger partial charge in [-0.1, -0.05) is 5.16 Å². The van der Waals surface area contributed by atoms with Gasteiger partial charge in [0.05, 0.1) is 12.7 Å². The fourth-order valence-electron chi connectivity index (χ4n) is 1.20. The Morgan fingerprint density at radius 3 is 2.80 bits per heavy atom. The lowest BCUT2D eigenvalue weighted by atomic mass is 10.2. The molecule has 0 saturated heterocycles. The maximum Gasteiger partial charge on any atom is 0.140 e. The van der Waals surface area contributed by atoms with Gasteiger partial charge in [-0.15, -0.1) is 0 Å². The Balaban J connectivity index is 3.50. The first-order valence-corrected chi connectivity index (χ1v) is 4.97. The highest BCUT2D eigenvalue weighted by atomic mass is 16.5. The van der Waals surface area contributed by atoms with Gasteiger partial charge in [-0.2, -0.15) is 0 Å². The monoisotopic (exact) mass is 219 g/mol. The first kappa shape index (κ1) is 14.2. The number of nitrogens with one attached hydrogen (secondary N) is 1. The van der Waals surface area contributed by atoms with E-state index >= 15 is 0 Å². The zero-order valence-corrected chi connectivity index (χ0v) is 9.31. The van der Waals surface area contributed by atoms with E-state index in [1.165, 1.54) is 0 Å². The molecule has 6 nitrogen and oxygen atoms in total. The standard InChI is InChI=1S/C9H21N3O3/c1-7(5-9(10)12-14)11-4-3-8(13)6-15-2/h7-8,11,13-14H,3-6H2,1-2H3,(H2,10,12). The zero-order valence-electron chi connectivity index (χ0n) is 9.31. The molecule has 15 heavy (non-hydrogen) atoms. The quantitative estimate of drug-likeness (QED) is 0.191. The number of aliphatic hydroxyl groups is 1. The number of rotatable bonds is 8. The second kappa shape index (κ2) is 8.46. The molecule has 0 aliphatic heterocycles. The van der Waals surface area contributed by atoms with Crippen LogP contribution in [0.5, 0.6) is 0 Å². The number of ether oxygens (including phenoxy) is 1. The average molecular weight is 219 g/mol. The van der Waals surface area contributed by atoms with Crippen molar-refractivity contribution in [2.75, 3.05) is 20.3 Å². The van der Waals surface area contributed by atoms with Crippen molar-refractivity contribution >= 4 is 5.84 Å². The number of oxime groups is 1. The van der Waals surface area contributed by atoms with Gasteiger partial charge >= 0.3 is 0 Å². The molecule has 0 radical (unpaired) electrons. The fraction of sp³-hybridized carbons (Fsp3) is 0.889. The number of nitrogens with zero attached hydrogens (tertiary/aromatic N) is 1. The molecule has 2 unspecified atom stereocenters. The van der Waals surface area contributed by atoms with Gasteiger partial charge in [0.1, 0.15) is 5.84 Å². The van der Waals surface area contributed by atoms with E-state index in [1.807, 2.05) is 6.92 Å². The Morgan fingerprint density at radius 2 is 2.27 bits per heavy atom. The summed E-state index contributed by atoms with van der Waals surface area (Å²) in [6.07, 6.45) is 0.657. The Kier molecular flexibility index (Phi) is 7.98. The van der Waals surface area contributed by atoms with Crippen LogP contribution in [-0.2, 0) is 4.74 Å². The molecule has 0 aromatic carbocycles. The first-order valence-electron chi connectivity index (χ1n) is 4.97. The Bertz CT molecular complexity index is 187. The maximum absolute atomic E-state index is 9.34. The van der Waals surface area contributed by atoms with Crippen LogP contribution in [0.3, 0.4) is 0 Å². The zero-order chi connectivity index (χ0) is 11.7. The van der Waals surface area contributed by atoms with E-state index in [9.17, 15) is 5.11 Å². The van der Waals surface area contributed by atoms with E-state index in [1.54, 1.807) is 7.11 Å². The topological polar surface area (TPSA) is 100 Å². The van der Waals surface area contributed by atoms with Crippen LogP contribution in [0.2, 0.25) is 0 Å². The summed E-state index contributed by atoms with van der Waals surface area (Å²) in [6.45, 7) is 2.95. The number of hydrogen-bond donors (Lipinski definition) is 4. The Hall–Kier alpha value is -0.850. The third-order valence-electron chi connectivity index (χ3n) is 1.97. The van der Waals surface area contributed by atoms with E-state index in [0.29, 0.717) is 26.0 Å². The predicted molar refractivity (Wildman–Crippen MR) is 58.0 cm³/mol. The van der Waals surface area contributed by atoms with Gasteiger partial charge in [-0.25, -0.2) is 0 Å². The van der Waals surface area contributed by atoms with Crippen molar-refractivity contribution in [3.63, 3.8) is 0 Å². The molecular weight excluding hydrogens is 198 g/mol. The lowest BCUT2D eigenvalue weighted by molar-refractivity contribution is 0.0591. The minimum absolute atomic E-state index is 0.121. The molecule has 6 heteroatoms. The summed E-state index contributed by atoms with van der Waals surface area (Å²) in [5.41, 5.74) is 5.34. The van der Waals surface area contributed by atoms with Gasteiger partial charge in [0.2, 0.25) is 0 Å². The Morgan fingerprint density at radius 1 is 1.60 bits per heavy atom. The van der Waals surface area contributed by atoms with Gasteiger partial charge < -0.3 is 26.1 Å². The van der Waals surface area contributed by atoms with Crippen LogP contribution in [0, 0.1) is 0 Å². The molecule has 0 aliphatic rings. The van der Waals surface area contributed by atoms with Gasteiger partial charge in [0, 0.05) is 19.6 Å². The minimum atomic E-state index is -0.446. The molecule has 0 amide bonds. The van der Waals surface area contributed by atoms with Gasteiger partial charge in [0.25, 0.3) is 0 Å². The second-order valence-corrected chi connectivity index (χ2v) is 3.55. The summed E-state index contributed by atoms with van der Waals surface area (Å²) in [7, 11) is 1.55. The van der Waals surface area contributed by atoms with E-state index < -0.39 is 6.10 Å². The molecule has 0 heterocycles. The number of aliphatic hydroxyl groups excluding tert-OH is 1. The summed E-state index contributed by atoms with van der Waals surface area (Å²) in [4.78, 5) is 0. The normalized spacial score (nSPS) is 16.3. The van der Waals surface area contributed by atoms with E-state index in [2.05, 4.69) is 10.5 Å². The third kappa shape index (κ3) is 8.17. The molecule has 0 fully saturated rings. The summed E-state index contributed by atoms with van der Waals surface area (Å²) >= 11 is 0. The molecule has 90 valence electrons. The summed E-state index contributed by atoms with van der Waals surface area (Å²) in [6, 6.07) is 0.121. The maximum atomic E-state index is 9.34. The van der Waals surface area contributed by atoms with Crippen molar-refractivity contribution in [1.82, 2.24) is 5.32 Å². The van der Waals surface area contributed by atoms with Crippen LogP contribution in [-0.4, -0.2) is 48.6 Å². The SMILES string of the molecule is COCC(O)CCNC(C)CC(N)=NO. The van der Waals surface area contributed by atoms with Gasteiger partial charge in [-0.05, 0) is 19.9 Å². The van der Waals surface area contributed by atoms with Gasteiger partial charge in [-0.3, -0.25) is 0 Å². The number of amidine groups is 1. The molecule has 0 aromatic heterocycles. The van der Waals surface area contributed by atoms with Crippen molar-refractivity contribution in [2.24, 2.45) is 10.9 Å². The first-order chi connectivity index (χ1) is 7.10. The summed E-state index contributed by atoms with van der Waals surface area (Å²) < 4.78 is 4.79. The largest absolute Gasteiger partial charge is 0.409 e. The summed E-state index contributed by atoms with van der Waals surface area (Å²) in [5, 5.41) is 23.7. The van der Waals surface area contributed by atoms with Crippen molar-refractivity contribution in [3.8, 4) is 0 Å². The van der Waals surface area contributed by atoms with Crippen LogP contribution in [0.4, 0.5) is 0 Å². The smallest absolute Gasteiger partial charge is 0.140 e. The van der Waals surface area contributed by atoms with E-state index in [4.69, 9.17) is 15.7 Å². The molecular formula is C9H21N3O3. The fourth-order valence-corrected chi connectivity index (χ4v) is 1.20. The highest BCUT2D eigenvalue weighted by Crippen LogP contribution is 1.94. The molecule has 0 bridgehead atoms. The number of nitrogens with two attached hydrogens (primary N) is 1. The highest BCUT2D eigenvalue weighted by molar-refractivity contribution is 5.80. The third-order valence-corrected chi connectivity index (χ3v) is 1.97. The number of methoxy groups -OCH3 is 1. The molecule has 0 saturated carbocycles. The van der Waals surface area contributed by atoms with Crippen LogP contribution in [0.25, 0.3) is 0 Å². The predicted octanol–water partition coefficient (Wildman–Crippen LogP) is -0.502. The molecule has 0 spiro atoms. The molecule has 2 atom stereocenters. The molecule has 0 aromatic rings. The van der Waals surface area contributed by atoms with Crippen LogP contribution >= 0.6 is 0 Å². The molecule has 0 rings (SSSR count). The van der Waals surface area contributed by atoms with Crippen LogP contribution in [0.1, 0.15) is 19.8 Å². The van der Waals surface area contributed by atoms with Crippen LogP contribution in [0.15, 0.2) is 5.16 Å². The summed E-state index contributed by atoms with van der Waals surface area (Å²) in [5.74, 6) is 0.201. The van der Waals surface area contributed by atoms with E-state index in [0.717, 1.165) is 0 Å². The minimum Gasteiger partial charge on any atom is -0.409 e.